The van der Waals surface area contributed by atoms with Gasteiger partial charge in [0.05, 0.1) is 26.8 Å². The number of carbonyl (C=O) groups is 2. The Hall–Kier alpha value is -1.63. The summed E-state index contributed by atoms with van der Waals surface area (Å²) in [5, 5.41) is -0.772. The Morgan fingerprint density at radius 3 is 2.32 bits per heavy atom. The van der Waals surface area contributed by atoms with Gasteiger partial charge in [-0.15, -0.1) is 22.9 Å². The molecule has 7 heteroatoms. The lowest BCUT2D eigenvalue weighted by Crippen LogP contribution is -2.48. The molecule has 0 fully saturated rings. The minimum atomic E-state index is -2.15. The molecule has 0 aliphatic rings. The van der Waals surface area contributed by atoms with Gasteiger partial charge in [0.2, 0.25) is 0 Å². The highest BCUT2D eigenvalue weighted by molar-refractivity contribution is 7.14. The summed E-state index contributed by atoms with van der Waals surface area (Å²) in [6.07, 6.45) is 0. The van der Waals surface area contributed by atoms with Gasteiger partial charge < -0.3 is 9.47 Å². The predicted molar refractivity (Wildman–Crippen MR) is 132 cm³/mol. The van der Waals surface area contributed by atoms with Crippen LogP contribution in [0.25, 0.3) is 0 Å². The molecular weight excluding hydrogens is 448 g/mol. The normalized spacial score (nSPS) is 14.6. The largest absolute Gasteiger partial charge is 0.495 e. The van der Waals surface area contributed by atoms with Crippen molar-refractivity contribution < 1.29 is 19.1 Å². The van der Waals surface area contributed by atoms with E-state index in [4.69, 9.17) is 21.1 Å². The zero-order valence-electron chi connectivity index (χ0n) is 19.7. The van der Waals surface area contributed by atoms with Crippen LogP contribution in [0.1, 0.15) is 57.9 Å². The van der Waals surface area contributed by atoms with E-state index in [1.165, 1.54) is 18.3 Å². The molecule has 4 nitrogen and oxygen atoms in total. The number of Topliss-reactive ketones (excluding diaryl/α,β-unsaturated/α-hetero) is 1. The molecule has 2 unspecified atom stereocenters. The van der Waals surface area contributed by atoms with Gasteiger partial charge in [0.1, 0.15) is 10.6 Å². The van der Waals surface area contributed by atoms with Crippen molar-refractivity contribution in [1.82, 2.24) is 0 Å². The van der Waals surface area contributed by atoms with E-state index in [2.05, 4.69) is 31.8 Å². The lowest BCUT2D eigenvalue weighted by molar-refractivity contribution is -0.147. The highest BCUT2D eigenvalue weighted by Gasteiger charge is 2.54. The predicted octanol–water partition coefficient (Wildman–Crippen LogP) is 6.80. The molecule has 1 heterocycles. The molecular formula is C24H33ClO4SSi. The standard InChI is InChI=1S/C24H33ClO4SSi/c1-9-29-23(27)24(4,31(6,7)8)21(17-11-10-15(2)18(12-17)14-25)20-13-19(28-5)22(30-20)16(3)26/h10-13,21H,9,14H2,1-8H3. The van der Waals surface area contributed by atoms with Gasteiger partial charge in [-0.25, -0.2) is 0 Å². The summed E-state index contributed by atoms with van der Waals surface area (Å²) in [5.74, 6) is 0.394. The van der Waals surface area contributed by atoms with Crippen molar-refractivity contribution in [3.63, 3.8) is 0 Å². The summed E-state index contributed by atoms with van der Waals surface area (Å²) in [6, 6.07) is 8.11. The highest BCUT2D eigenvalue weighted by atomic mass is 35.5. The Balaban J connectivity index is 2.88. The first-order valence-corrected chi connectivity index (χ1v) is 15.3. The van der Waals surface area contributed by atoms with E-state index in [1.807, 2.05) is 32.9 Å². The van der Waals surface area contributed by atoms with Crippen LogP contribution in [-0.4, -0.2) is 33.5 Å². The van der Waals surface area contributed by atoms with Crippen molar-refractivity contribution in [2.24, 2.45) is 0 Å². The van der Waals surface area contributed by atoms with Crippen molar-refractivity contribution >= 4 is 42.8 Å². The zero-order chi connectivity index (χ0) is 23.6. The van der Waals surface area contributed by atoms with Gasteiger partial charge in [-0.1, -0.05) is 44.8 Å². The van der Waals surface area contributed by atoms with Gasteiger partial charge in [-0.2, -0.15) is 0 Å². The van der Waals surface area contributed by atoms with Crippen LogP contribution < -0.4 is 4.74 Å². The van der Waals surface area contributed by atoms with Crippen molar-refractivity contribution in [3.05, 3.63) is 50.7 Å². The van der Waals surface area contributed by atoms with Gasteiger partial charge >= 0.3 is 5.97 Å². The first-order valence-electron chi connectivity index (χ1n) is 10.4. The SMILES string of the molecule is CCOC(=O)C(C)(C(c1ccc(C)c(CCl)c1)c1cc(OC)c(C(C)=O)s1)[Si](C)(C)C. The monoisotopic (exact) mass is 480 g/mol. The lowest BCUT2D eigenvalue weighted by Gasteiger charge is -2.44. The fraction of sp³-hybridized carbons (Fsp3) is 0.500. The van der Waals surface area contributed by atoms with Gasteiger partial charge in [-0.3, -0.25) is 9.59 Å². The molecule has 0 radical (unpaired) electrons. The number of ketones is 1. The Morgan fingerprint density at radius 1 is 1.23 bits per heavy atom. The maximum atomic E-state index is 13.5. The van der Waals surface area contributed by atoms with E-state index < -0.39 is 13.1 Å². The number of benzene rings is 1. The topological polar surface area (TPSA) is 52.6 Å². The summed E-state index contributed by atoms with van der Waals surface area (Å²) in [6.45, 7) is 14.3. The van der Waals surface area contributed by atoms with Crippen LogP contribution in [0.3, 0.4) is 0 Å². The van der Waals surface area contributed by atoms with E-state index in [9.17, 15) is 9.59 Å². The number of methoxy groups -OCH3 is 1. The fourth-order valence-electron chi connectivity index (χ4n) is 3.87. The molecule has 0 aliphatic carbocycles. The summed E-state index contributed by atoms with van der Waals surface area (Å²) in [5.41, 5.74) is 3.14. The number of alkyl halides is 1. The van der Waals surface area contributed by atoms with Crippen LogP contribution in [0.2, 0.25) is 24.7 Å². The summed E-state index contributed by atoms with van der Waals surface area (Å²) in [7, 11) is -0.590. The Labute approximate surface area is 195 Å². The lowest BCUT2D eigenvalue weighted by atomic mass is 9.83. The van der Waals surface area contributed by atoms with Crippen molar-refractivity contribution in [2.75, 3.05) is 13.7 Å². The molecule has 2 aromatic rings. The van der Waals surface area contributed by atoms with E-state index in [0.29, 0.717) is 23.1 Å². The highest BCUT2D eigenvalue weighted by Crippen LogP contribution is 2.56. The van der Waals surface area contributed by atoms with E-state index >= 15 is 0 Å². The molecule has 170 valence electrons. The molecule has 0 aliphatic heterocycles. The van der Waals surface area contributed by atoms with E-state index in [1.54, 1.807) is 7.11 Å². The molecule has 0 N–H and O–H groups in total. The minimum absolute atomic E-state index is 0.0527. The second kappa shape index (κ2) is 9.88. The number of aryl methyl sites for hydroxylation is 1. The van der Waals surface area contributed by atoms with Crippen molar-refractivity contribution in [2.45, 2.75) is 64.2 Å². The Morgan fingerprint density at radius 2 is 1.87 bits per heavy atom. The second-order valence-electron chi connectivity index (χ2n) is 9.03. The van der Waals surface area contributed by atoms with Crippen molar-refractivity contribution in [1.29, 1.82) is 0 Å². The summed E-state index contributed by atoms with van der Waals surface area (Å²) in [4.78, 5) is 27.2. The number of halogens is 1. The van der Waals surface area contributed by atoms with Gasteiger partial charge in [0, 0.05) is 23.6 Å². The Kier molecular flexibility index (Phi) is 8.17. The van der Waals surface area contributed by atoms with Crippen LogP contribution in [-0.2, 0) is 15.4 Å². The molecule has 2 atom stereocenters. The number of esters is 1. The average Bonchev–Trinajstić information content (AvgIpc) is 3.12. The van der Waals surface area contributed by atoms with Crippen LogP contribution in [0.4, 0.5) is 0 Å². The third-order valence-corrected chi connectivity index (χ3v) is 11.4. The maximum absolute atomic E-state index is 13.5. The van der Waals surface area contributed by atoms with E-state index in [0.717, 1.165) is 21.6 Å². The molecule has 1 aromatic heterocycles. The third kappa shape index (κ3) is 4.91. The molecule has 0 saturated heterocycles. The smallest absolute Gasteiger partial charge is 0.309 e. The van der Waals surface area contributed by atoms with Crippen LogP contribution in [0.15, 0.2) is 24.3 Å². The van der Waals surface area contributed by atoms with Crippen LogP contribution in [0.5, 0.6) is 5.75 Å². The number of carbonyl (C=O) groups excluding carboxylic acids is 2. The minimum Gasteiger partial charge on any atom is -0.495 e. The first-order chi connectivity index (χ1) is 14.4. The average molecular weight is 481 g/mol. The van der Waals surface area contributed by atoms with Gasteiger partial charge in [-0.05, 0) is 36.6 Å². The quantitative estimate of drug-likeness (QED) is 0.171. The number of ether oxygens (including phenoxy) is 2. The number of rotatable bonds is 9. The van der Waals surface area contributed by atoms with E-state index in [-0.39, 0.29) is 17.7 Å². The van der Waals surface area contributed by atoms with Crippen LogP contribution in [0, 0.1) is 6.92 Å². The van der Waals surface area contributed by atoms with Gasteiger partial charge in [0.15, 0.2) is 5.78 Å². The number of hydrogen-bond acceptors (Lipinski definition) is 5. The van der Waals surface area contributed by atoms with Gasteiger partial charge in [0.25, 0.3) is 0 Å². The fourth-order valence-corrected chi connectivity index (χ4v) is 7.41. The summed E-state index contributed by atoms with van der Waals surface area (Å²) < 4.78 is 11.1. The molecule has 0 spiro atoms. The number of hydrogen-bond donors (Lipinski definition) is 0. The second-order valence-corrected chi connectivity index (χ2v) is 15.9. The first kappa shape index (κ1) is 25.6. The molecule has 0 bridgehead atoms. The molecule has 2 rings (SSSR count). The third-order valence-electron chi connectivity index (χ3n) is 6.23. The molecule has 31 heavy (non-hydrogen) atoms. The molecule has 0 amide bonds. The summed E-state index contributed by atoms with van der Waals surface area (Å²) >= 11 is 7.62. The molecule has 1 aromatic carbocycles. The van der Waals surface area contributed by atoms with Crippen molar-refractivity contribution in [3.8, 4) is 5.75 Å². The number of thiophene rings is 1. The maximum Gasteiger partial charge on any atom is 0.309 e. The van der Waals surface area contributed by atoms with Crippen LogP contribution >= 0.6 is 22.9 Å². The zero-order valence-corrected chi connectivity index (χ0v) is 22.3. The Bertz CT molecular complexity index is 963. The molecule has 0 saturated carbocycles.